The number of nitrogens with zero attached hydrogens (tertiary/aromatic N) is 6. The van der Waals surface area contributed by atoms with Crippen LogP contribution in [0.3, 0.4) is 0 Å². The number of anilines is 1. The van der Waals surface area contributed by atoms with E-state index in [-0.39, 0.29) is 54.6 Å². The molecule has 0 saturated carbocycles. The number of rotatable bonds is 16. The van der Waals surface area contributed by atoms with Gasteiger partial charge in [0.1, 0.15) is 30.4 Å². The molecule has 70 heavy (non-hydrogen) atoms. The minimum absolute atomic E-state index is 0.00134. The average Bonchev–Trinajstić information content (AvgIpc) is 3.83. The van der Waals surface area contributed by atoms with Crippen molar-refractivity contribution in [2.24, 2.45) is 5.92 Å². The number of aryl methyl sites for hydroxylation is 1. The highest BCUT2D eigenvalue weighted by Gasteiger charge is 2.54. The fourth-order valence-corrected chi connectivity index (χ4v) is 9.46. The molecule has 3 aromatic heterocycles. The zero-order valence-corrected chi connectivity index (χ0v) is 39.8. The summed E-state index contributed by atoms with van der Waals surface area (Å²) >= 11 is 6.59. The number of fused-ring (bicyclic) bond motifs is 2. The topological polar surface area (TPSA) is 198 Å². The molecule has 28 heteroatoms. The van der Waals surface area contributed by atoms with Gasteiger partial charge >= 0.3 is 18.4 Å². The molecule has 0 saturated heterocycles. The summed E-state index contributed by atoms with van der Waals surface area (Å²) in [5.74, 6) is -10.1. The first-order valence-corrected chi connectivity index (χ1v) is 24.9. The molecule has 2 aromatic carbocycles. The zero-order chi connectivity index (χ0) is 52.3. The number of hydrogen-bond donors (Lipinski definition) is 3. The van der Waals surface area contributed by atoms with Crippen LogP contribution >= 0.6 is 11.6 Å². The number of alkyl halides is 8. The number of aliphatic hydroxyl groups is 1. The lowest BCUT2D eigenvalue weighted by atomic mass is 9.93. The number of sulfonamides is 1. The summed E-state index contributed by atoms with van der Waals surface area (Å²) in [5.41, 5.74) is -5.43. The zero-order valence-electron chi connectivity index (χ0n) is 37.4. The van der Waals surface area contributed by atoms with Crippen LogP contribution in [0.4, 0.5) is 54.5 Å². The molecule has 0 radical (unpaired) electrons. The Bertz CT molecular complexity index is 3070. The first-order chi connectivity index (χ1) is 32.1. The maximum absolute atomic E-state index is 15.5. The Kier molecular flexibility index (Phi) is 14.8. The number of pyridine rings is 1. The lowest BCUT2D eigenvalue weighted by Crippen LogP contribution is -2.44. The summed E-state index contributed by atoms with van der Waals surface area (Å²) in [6.07, 6.45) is -10.5. The molecule has 0 fully saturated rings. The lowest BCUT2D eigenvalue weighted by molar-refractivity contribution is -0.143. The summed E-state index contributed by atoms with van der Waals surface area (Å²) in [4.78, 5) is 32.1. The van der Waals surface area contributed by atoms with E-state index in [1.54, 1.807) is 0 Å². The van der Waals surface area contributed by atoms with Crippen LogP contribution < -0.4 is 14.9 Å². The number of aromatic nitrogens is 5. The van der Waals surface area contributed by atoms with Crippen molar-refractivity contribution in [3.63, 3.8) is 0 Å². The predicted octanol–water partition coefficient (Wildman–Crippen LogP) is 7.42. The Morgan fingerprint density at radius 3 is 2.16 bits per heavy atom. The lowest BCUT2D eigenvalue weighted by Gasteiger charge is -2.25. The fourth-order valence-electron chi connectivity index (χ4n) is 7.94. The van der Waals surface area contributed by atoms with Crippen LogP contribution in [0, 0.1) is 17.6 Å². The van der Waals surface area contributed by atoms with Crippen LogP contribution in [0.1, 0.15) is 67.1 Å². The predicted molar refractivity (Wildman–Crippen MR) is 234 cm³/mol. The molecule has 0 aliphatic heterocycles. The average molecular weight is 1060 g/mol. The van der Waals surface area contributed by atoms with Gasteiger partial charge in [-0.05, 0) is 69.4 Å². The van der Waals surface area contributed by atoms with Gasteiger partial charge in [0.2, 0.25) is 15.9 Å². The van der Waals surface area contributed by atoms with Gasteiger partial charge in [0, 0.05) is 47.2 Å². The highest BCUT2D eigenvalue weighted by molar-refractivity contribution is 7.93. The van der Waals surface area contributed by atoms with Crippen molar-refractivity contribution in [1.29, 1.82) is 0 Å². The summed E-state index contributed by atoms with van der Waals surface area (Å²) in [7, 11) is -8.51. The van der Waals surface area contributed by atoms with Gasteiger partial charge in [-0.25, -0.2) is 30.4 Å². The minimum atomic E-state index is -5.23. The number of aliphatic hydroxyl groups excluding tert-OH is 1. The molecule has 3 amide bonds. The van der Waals surface area contributed by atoms with Crippen LogP contribution in [0.2, 0.25) is 5.02 Å². The number of halogens is 11. The highest BCUT2D eigenvalue weighted by Crippen LogP contribution is 2.50. The second kappa shape index (κ2) is 19.2. The Balaban J connectivity index is 1.63. The van der Waals surface area contributed by atoms with E-state index in [9.17, 15) is 66.7 Å². The van der Waals surface area contributed by atoms with Crippen LogP contribution in [0.15, 0.2) is 42.5 Å². The Morgan fingerprint density at radius 1 is 0.957 bits per heavy atom. The molecule has 0 bridgehead atoms. The number of urea groups is 1. The molecule has 6 rings (SSSR count). The largest absolute Gasteiger partial charge is 0.435 e. The van der Waals surface area contributed by atoms with Gasteiger partial charge < -0.3 is 15.7 Å². The SMILES string of the molecule is C[C@@H]1Cc2c(C(F)(F)F)nn(CC(=O)N[C@@H](Cc3cc(F)cc(F)c3)c3nc(CCC(C)(C)S(C)(=O)=O)ccc3-c3ccc(Cl)c4c(N(C(=O)NCCO)S(C)(=O)=O)nn(CC(F)(F)F)c34)c2C1(F)F. The van der Waals surface area contributed by atoms with E-state index < -0.39 is 156 Å². The number of hydrogen-bond acceptors (Lipinski definition) is 10. The molecule has 382 valence electrons. The van der Waals surface area contributed by atoms with Crippen molar-refractivity contribution in [2.45, 2.75) is 88.6 Å². The fraction of sp³-hybridized carbons (Fsp3) is 0.452. The van der Waals surface area contributed by atoms with Gasteiger partial charge in [-0.15, -0.1) is 0 Å². The van der Waals surface area contributed by atoms with Gasteiger partial charge in [0.15, 0.2) is 21.3 Å². The second-order valence-electron chi connectivity index (χ2n) is 17.3. The smallest absolute Gasteiger partial charge is 0.395 e. The van der Waals surface area contributed by atoms with Gasteiger partial charge in [0.05, 0.1) is 45.3 Å². The van der Waals surface area contributed by atoms with E-state index in [1.165, 1.54) is 26.0 Å². The maximum atomic E-state index is 15.5. The summed E-state index contributed by atoms with van der Waals surface area (Å²) in [6.45, 7) is -0.671. The molecule has 0 spiro atoms. The molecule has 5 aromatic rings. The van der Waals surface area contributed by atoms with Crippen molar-refractivity contribution < 1.29 is 75.4 Å². The standard InChI is InChI=1S/C42H43ClF10N8O7S2/c1-21-14-28-35(42(51,52)53)57-59(36(28)41(21,49)50)19-31(63)56-30(17-22-15-23(44)18-24(45)16-22)33-26(7-6-25(55-33)10-11-39(2,3)69(4,65)66)27-8-9-29(43)32-34(27)60(20-40(46,47)48)58-37(32)61(70(5,67)68)38(64)54-12-13-62/h6-9,15-16,18,21,30,62H,10-14,17,19-20H2,1-5H3,(H,54,64)(H,56,63)/t21-,30+/m1/s1. The van der Waals surface area contributed by atoms with Crippen molar-refractivity contribution >= 4 is 60.1 Å². The van der Waals surface area contributed by atoms with Crippen LogP contribution in [0.5, 0.6) is 0 Å². The van der Waals surface area contributed by atoms with Gasteiger partial charge in [0.25, 0.3) is 5.92 Å². The maximum Gasteiger partial charge on any atom is 0.435 e. The van der Waals surface area contributed by atoms with E-state index in [4.69, 9.17) is 11.6 Å². The van der Waals surface area contributed by atoms with Crippen LogP contribution in [-0.4, -0.2) is 95.0 Å². The molecule has 15 nitrogen and oxygen atoms in total. The van der Waals surface area contributed by atoms with E-state index >= 15 is 8.78 Å². The number of benzene rings is 2. The van der Waals surface area contributed by atoms with Crippen molar-refractivity contribution in [3.8, 4) is 11.1 Å². The Hall–Kier alpha value is -5.54. The van der Waals surface area contributed by atoms with Crippen molar-refractivity contribution in [2.75, 3.05) is 30.0 Å². The molecular weight excluding hydrogens is 1020 g/mol. The number of carbonyl (C=O) groups is 2. The third kappa shape index (κ3) is 11.3. The van der Waals surface area contributed by atoms with E-state index in [2.05, 4.69) is 25.8 Å². The Labute approximate surface area is 398 Å². The molecule has 1 aliphatic carbocycles. The first-order valence-electron chi connectivity index (χ1n) is 20.8. The molecule has 3 N–H and O–H groups in total. The molecule has 0 unspecified atom stereocenters. The third-order valence-corrected chi connectivity index (χ3v) is 15.1. The summed E-state index contributed by atoms with van der Waals surface area (Å²) < 4.78 is 197. The number of amides is 3. The van der Waals surface area contributed by atoms with Gasteiger partial charge in [-0.3, -0.25) is 19.1 Å². The van der Waals surface area contributed by atoms with Crippen LogP contribution in [0.25, 0.3) is 22.0 Å². The van der Waals surface area contributed by atoms with E-state index in [0.29, 0.717) is 12.3 Å². The first kappa shape index (κ1) is 53.8. The van der Waals surface area contributed by atoms with Gasteiger partial charge in [-0.2, -0.15) is 49.6 Å². The minimum Gasteiger partial charge on any atom is -0.395 e. The highest BCUT2D eigenvalue weighted by atomic mass is 35.5. The van der Waals surface area contributed by atoms with Gasteiger partial charge in [-0.1, -0.05) is 30.7 Å². The summed E-state index contributed by atoms with van der Waals surface area (Å²) in [5, 5.41) is 20.0. The van der Waals surface area contributed by atoms with Crippen molar-refractivity contribution in [3.05, 3.63) is 93.0 Å². The molecule has 2 atom stereocenters. The number of nitrogens with one attached hydrogen (secondary N) is 2. The Morgan fingerprint density at radius 2 is 1.59 bits per heavy atom. The van der Waals surface area contributed by atoms with Crippen molar-refractivity contribution in [1.82, 2.24) is 35.2 Å². The van der Waals surface area contributed by atoms with E-state index in [1.807, 2.05) is 0 Å². The molecular formula is C42H43ClF10N8O7S2. The van der Waals surface area contributed by atoms with E-state index in [0.717, 1.165) is 37.4 Å². The number of carbonyl (C=O) groups excluding carboxylic acids is 2. The summed E-state index contributed by atoms with van der Waals surface area (Å²) in [6, 6.07) is 3.69. The normalized spacial score (nSPS) is 15.8. The quantitative estimate of drug-likeness (QED) is 0.0837. The second-order valence-corrected chi connectivity index (χ2v) is 22.2. The third-order valence-electron chi connectivity index (χ3n) is 11.6. The van der Waals surface area contributed by atoms with Crippen LogP contribution in [-0.2, 0) is 69.1 Å². The number of sulfone groups is 1. The monoisotopic (exact) mass is 1060 g/mol. The molecule has 3 heterocycles. The molecule has 1 aliphatic rings.